The molecule has 1 aromatic carbocycles. The molecular weight excluding hydrogens is 515 g/mol. The summed E-state index contributed by atoms with van der Waals surface area (Å²) in [4.78, 5) is 24.9. The number of rotatable bonds is 2. The molecule has 0 fully saturated rings. The summed E-state index contributed by atoms with van der Waals surface area (Å²) in [5.74, 6) is 0.225. The van der Waals surface area contributed by atoms with Crippen molar-refractivity contribution in [2.24, 2.45) is 0 Å². The topological polar surface area (TPSA) is 86.7 Å². The van der Waals surface area contributed by atoms with Crippen LogP contribution in [0.5, 0.6) is 0 Å². The summed E-state index contributed by atoms with van der Waals surface area (Å²) in [6, 6.07) is 9.70. The summed E-state index contributed by atoms with van der Waals surface area (Å²) in [5, 5.41) is 4.97. The van der Waals surface area contributed by atoms with E-state index in [0.717, 1.165) is 6.07 Å². The quantitative estimate of drug-likeness (QED) is 0.288. The zero-order valence-electron chi connectivity index (χ0n) is 15.6. The van der Waals surface area contributed by atoms with Gasteiger partial charge in [0.05, 0.1) is 21.4 Å². The van der Waals surface area contributed by atoms with Gasteiger partial charge in [-0.3, -0.25) is 0 Å². The third-order valence-electron chi connectivity index (χ3n) is 4.57. The SMILES string of the molecule is O=c1oc(-c2cc(Br)nn2-c2ncccc2Cl)nc2cc3ccc(C(F)(F)F)nc3cc12. The summed E-state index contributed by atoms with van der Waals surface area (Å²) >= 11 is 9.50. The molecule has 32 heavy (non-hydrogen) atoms. The first-order valence-electron chi connectivity index (χ1n) is 8.90. The van der Waals surface area contributed by atoms with Crippen molar-refractivity contribution in [1.29, 1.82) is 0 Å². The van der Waals surface area contributed by atoms with Crippen molar-refractivity contribution in [3.05, 3.63) is 74.4 Å². The van der Waals surface area contributed by atoms with E-state index in [2.05, 4.69) is 36.0 Å². The maximum atomic E-state index is 13.0. The van der Waals surface area contributed by atoms with E-state index in [1.165, 1.54) is 29.1 Å². The zero-order valence-corrected chi connectivity index (χ0v) is 17.9. The average molecular weight is 523 g/mol. The minimum atomic E-state index is -4.60. The lowest BCUT2D eigenvalue weighted by atomic mass is 10.1. The predicted octanol–water partition coefficient (Wildman–Crippen LogP) is 5.42. The highest BCUT2D eigenvalue weighted by Gasteiger charge is 2.32. The van der Waals surface area contributed by atoms with E-state index in [-0.39, 0.29) is 22.3 Å². The highest BCUT2D eigenvalue weighted by molar-refractivity contribution is 9.10. The second-order valence-corrected chi connectivity index (χ2v) is 7.86. The molecule has 0 bridgehead atoms. The van der Waals surface area contributed by atoms with Crippen LogP contribution in [-0.4, -0.2) is 24.7 Å². The van der Waals surface area contributed by atoms with Crippen LogP contribution >= 0.6 is 27.5 Å². The first-order chi connectivity index (χ1) is 15.2. The molecule has 7 nitrogen and oxygen atoms in total. The van der Waals surface area contributed by atoms with Crippen LogP contribution < -0.4 is 5.63 Å². The lowest BCUT2D eigenvalue weighted by molar-refractivity contribution is -0.140. The molecule has 160 valence electrons. The Hall–Kier alpha value is -3.31. The third-order valence-corrected chi connectivity index (χ3v) is 5.25. The molecule has 0 spiro atoms. The number of alkyl halides is 3. The summed E-state index contributed by atoms with van der Waals surface area (Å²) in [6.45, 7) is 0. The molecule has 0 atom stereocenters. The first kappa shape index (κ1) is 20.6. The van der Waals surface area contributed by atoms with Gasteiger partial charge in [-0.2, -0.15) is 18.3 Å². The molecule has 12 heteroatoms. The van der Waals surface area contributed by atoms with Gasteiger partial charge >= 0.3 is 11.8 Å². The molecule has 0 aliphatic heterocycles. The molecule has 5 rings (SSSR count). The van der Waals surface area contributed by atoms with Crippen molar-refractivity contribution in [2.75, 3.05) is 0 Å². The van der Waals surface area contributed by atoms with E-state index in [1.54, 1.807) is 18.2 Å². The Morgan fingerprint density at radius 1 is 1.06 bits per heavy atom. The lowest BCUT2D eigenvalue weighted by Crippen LogP contribution is -2.09. The molecule has 0 saturated heterocycles. The maximum absolute atomic E-state index is 13.0. The van der Waals surface area contributed by atoms with E-state index >= 15 is 0 Å². The normalized spacial score (nSPS) is 12.0. The Labute approximate surface area is 189 Å². The Morgan fingerprint density at radius 2 is 1.88 bits per heavy atom. The predicted molar refractivity (Wildman–Crippen MR) is 114 cm³/mol. The molecular formula is C20H8BrClF3N5O2. The van der Waals surface area contributed by atoms with Gasteiger partial charge in [-0.15, -0.1) is 0 Å². The van der Waals surface area contributed by atoms with Crippen LogP contribution in [-0.2, 0) is 6.18 Å². The van der Waals surface area contributed by atoms with E-state index in [9.17, 15) is 18.0 Å². The number of fused-ring (bicyclic) bond motifs is 2. The molecule has 4 aromatic heterocycles. The van der Waals surface area contributed by atoms with Crippen LogP contribution in [0, 0.1) is 0 Å². The highest BCUT2D eigenvalue weighted by Crippen LogP contribution is 2.31. The second-order valence-electron chi connectivity index (χ2n) is 6.64. The Bertz CT molecular complexity index is 1580. The highest BCUT2D eigenvalue weighted by atomic mass is 79.9. The fourth-order valence-corrected chi connectivity index (χ4v) is 3.73. The van der Waals surface area contributed by atoms with Crippen molar-refractivity contribution >= 4 is 49.3 Å². The van der Waals surface area contributed by atoms with Crippen molar-refractivity contribution in [3.63, 3.8) is 0 Å². The lowest BCUT2D eigenvalue weighted by Gasteiger charge is -2.08. The van der Waals surface area contributed by atoms with Gasteiger partial charge in [0.2, 0.25) is 5.89 Å². The molecule has 0 saturated carbocycles. The van der Waals surface area contributed by atoms with Crippen LogP contribution in [0.2, 0.25) is 5.02 Å². The van der Waals surface area contributed by atoms with E-state index in [4.69, 9.17) is 16.0 Å². The number of halogens is 5. The zero-order chi connectivity index (χ0) is 22.6. The number of hydrogen-bond donors (Lipinski definition) is 0. The molecule has 4 heterocycles. The van der Waals surface area contributed by atoms with Crippen LogP contribution in [0.4, 0.5) is 13.2 Å². The van der Waals surface area contributed by atoms with Crippen LogP contribution in [0.1, 0.15) is 5.69 Å². The van der Waals surface area contributed by atoms with Gasteiger partial charge in [0.25, 0.3) is 0 Å². The minimum absolute atomic E-state index is 0.00206. The van der Waals surface area contributed by atoms with Gasteiger partial charge in [0.15, 0.2) is 5.82 Å². The summed E-state index contributed by atoms with van der Waals surface area (Å²) in [7, 11) is 0. The van der Waals surface area contributed by atoms with Crippen molar-refractivity contribution < 1.29 is 17.6 Å². The largest absolute Gasteiger partial charge is 0.433 e. The molecule has 0 aliphatic rings. The van der Waals surface area contributed by atoms with Crippen LogP contribution in [0.3, 0.4) is 0 Å². The molecule has 0 aliphatic carbocycles. The fraction of sp³-hybridized carbons (Fsp3) is 0.0500. The smallest absolute Gasteiger partial charge is 0.401 e. The number of hydrogen-bond acceptors (Lipinski definition) is 6. The number of nitrogens with zero attached hydrogens (tertiary/aromatic N) is 5. The summed E-state index contributed by atoms with van der Waals surface area (Å²) in [5.41, 5.74) is -1.33. The summed E-state index contributed by atoms with van der Waals surface area (Å²) in [6.07, 6.45) is -3.08. The Morgan fingerprint density at radius 3 is 2.62 bits per heavy atom. The van der Waals surface area contributed by atoms with Crippen molar-refractivity contribution in [2.45, 2.75) is 6.18 Å². The second kappa shape index (κ2) is 7.38. The molecule has 0 N–H and O–H groups in total. The van der Waals surface area contributed by atoms with Gasteiger partial charge in [-0.25, -0.2) is 24.4 Å². The summed E-state index contributed by atoms with van der Waals surface area (Å²) < 4.78 is 46.1. The maximum Gasteiger partial charge on any atom is 0.433 e. The van der Waals surface area contributed by atoms with Crippen molar-refractivity contribution in [3.8, 4) is 17.4 Å². The number of pyridine rings is 2. The van der Waals surface area contributed by atoms with Crippen LogP contribution in [0.25, 0.3) is 39.2 Å². The van der Waals surface area contributed by atoms with Gasteiger partial charge in [-0.1, -0.05) is 17.7 Å². The average Bonchev–Trinajstić information content (AvgIpc) is 3.13. The molecule has 0 unspecified atom stereocenters. The van der Waals surface area contributed by atoms with Gasteiger partial charge in [-0.05, 0) is 46.3 Å². The minimum Gasteiger partial charge on any atom is -0.401 e. The number of benzene rings is 1. The van der Waals surface area contributed by atoms with Crippen molar-refractivity contribution in [1.82, 2.24) is 24.7 Å². The first-order valence-corrected chi connectivity index (χ1v) is 10.1. The molecule has 0 amide bonds. The molecule has 0 radical (unpaired) electrons. The van der Waals surface area contributed by atoms with E-state index in [1.807, 2.05) is 0 Å². The third kappa shape index (κ3) is 3.53. The number of aromatic nitrogens is 5. The van der Waals surface area contributed by atoms with Gasteiger partial charge in [0, 0.05) is 17.6 Å². The Kier molecular flexibility index (Phi) is 4.75. The van der Waals surface area contributed by atoms with Crippen LogP contribution in [0.15, 0.2) is 62.5 Å². The monoisotopic (exact) mass is 521 g/mol. The van der Waals surface area contributed by atoms with Gasteiger partial charge < -0.3 is 4.42 Å². The Balaban J connectivity index is 1.72. The van der Waals surface area contributed by atoms with E-state index < -0.39 is 17.5 Å². The standard InChI is InChI=1S/C20H8BrClF3N5O2/c21-16-8-14(30(29-16)17-11(22)2-1-5-26-17)18-28-13-6-9-3-4-15(20(23,24)25)27-12(9)7-10(13)19(31)32-18/h1-8H. The fourth-order valence-electron chi connectivity index (χ4n) is 3.16. The van der Waals surface area contributed by atoms with E-state index in [0.29, 0.717) is 26.5 Å². The van der Waals surface area contributed by atoms with Gasteiger partial charge in [0.1, 0.15) is 16.0 Å². The molecule has 5 aromatic rings.